The summed E-state index contributed by atoms with van der Waals surface area (Å²) in [6.07, 6.45) is 2.30. The zero-order chi connectivity index (χ0) is 36.1. The maximum Gasteiger partial charge on any atom is 0.255 e. The Bertz CT molecular complexity index is 1500. The van der Waals surface area contributed by atoms with Gasteiger partial charge in [0.25, 0.3) is 5.91 Å². The molecule has 50 heavy (non-hydrogen) atoms. The highest BCUT2D eigenvalue weighted by molar-refractivity contribution is 6.00. The van der Waals surface area contributed by atoms with Crippen LogP contribution in [0.2, 0.25) is 0 Å². The summed E-state index contributed by atoms with van der Waals surface area (Å²) in [5.74, 6) is -2.39. The highest BCUT2D eigenvalue weighted by atomic mass is 19.1. The Labute approximate surface area is 293 Å². The molecule has 0 spiro atoms. The number of amides is 5. The van der Waals surface area contributed by atoms with Crippen LogP contribution in [-0.4, -0.2) is 80.6 Å². The largest absolute Gasteiger partial charge is 0.491 e. The Morgan fingerprint density at radius 3 is 2.44 bits per heavy atom. The molecule has 3 atom stereocenters. The average molecular weight is 696 g/mol. The van der Waals surface area contributed by atoms with Gasteiger partial charge >= 0.3 is 0 Å². The van der Waals surface area contributed by atoms with Crippen molar-refractivity contribution in [2.24, 2.45) is 5.92 Å². The second kappa shape index (κ2) is 18.5. The van der Waals surface area contributed by atoms with Crippen LogP contribution in [0.3, 0.4) is 0 Å². The maximum absolute atomic E-state index is 14.3. The van der Waals surface area contributed by atoms with E-state index >= 15 is 0 Å². The van der Waals surface area contributed by atoms with Crippen LogP contribution in [-0.2, 0) is 29.3 Å². The summed E-state index contributed by atoms with van der Waals surface area (Å²) >= 11 is 0. The molecule has 2 heterocycles. The number of carbonyl (C=O) groups is 5. The summed E-state index contributed by atoms with van der Waals surface area (Å²) in [6.45, 7) is 6.91. The zero-order valence-electron chi connectivity index (χ0n) is 29.1. The first-order chi connectivity index (χ1) is 24.0. The van der Waals surface area contributed by atoms with E-state index < -0.39 is 35.2 Å². The maximum atomic E-state index is 14.3. The minimum atomic E-state index is -1.13. The topological polar surface area (TPSA) is 164 Å². The van der Waals surface area contributed by atoms with Gasteiger partial charge in [-0.3, -0.25) is 24.0 Å². The fourth-order valence-electron chi connectivity index (χ4n) is 6.20. The van der Waals surface area contributed by atoms with Crippen molar-refractivity contribution in [2.75, 3.05) is 32.9 Å². The van der Waals surface area contributed by atoms with Gasteiger partial charge in [0, 0.05) is 44.6 Å². The highest BCUT2D eigenvalue weighted by Crippen LogP contribution is 2.34. The molecule has 12 nitrogen and oxygen atoms in total. The number of hydrogen-bond donors (Lipinski definition) is 5. The zero-order valence-corrected chi connectivity index (χ0v) is 29.1. The summed E-state index contributed by atoms with van der Waals surface area (Å²) in [6, 6.07) is 10.6. The predicted molar refractivity (Wildman–Crippen MR) is 185 cm³/mol. The van der Waals surface area contributed by atoms with Crippen molar-refractivity contribution >= 4 is 29.5 Å². The van der Waals surface area contributed by atoms with Crippen molar-refractivity contribution < 1.29 is 37.8 Å². The molecular formula is C37H50FN5O7. The summed E-state index contributed by atoms with van der Waals surface area (Å²) in [5.41, 5.74) is 0.329. The molecule has 13 heteroatoms. The van der Waals surface area contributed by atoms with E-state index in [2.05, 4.69) is 26.6 Å². The lowest BCUT2D eigenvalue weighted by molar-refractivity contribution is -0.130. The summed E-state index contributed by atoms with van der Waals surface area (Å²) in [7, 11) is 0. The Morgan fingerprint density at radius 2 is 1.70 bits per heavy atom. The molecule has 5 amide bonds. The Hall–Kier alpha value is -4.52. The molecule has 1 fully saturated rings. The van der Waals surface area contributed by atoms with Gasteiger partial charge in [0.1, 0.15) is 30.3 Å². The summed E-state index contributed by atoms with van der Waals surface area (Å²) in [4.78, 5) is 66.3. The SMILES string of the molecule is CC(C)[C@H]1NC(=O)CC[C@@H](C(=O)NCC2(c3cccc(F)c3)CCOCC2)NC(=O)c2ccccc2OC[C@H](C)NC(=O)CCCCNC1=O. The number of halogens is 1. The Kier molecular flexibility index (Phi) is 14.1. The van der Waals surface area contributed by atoms with Crippen molar-refractivity contribution in [1.29, 1.82) is 0 Å². The molecule has 2 aliphatic heterocycles. The first-order valence-electron chi connectivity index (χ1n) is 17.5. The van der Waals surface area contributed by atoms with Gasteiger partial charge in [0.2, 0.25) is 23.6 Å². The molecule has 2 aliphatic rings. The first-order valence-corrected chi connectivity index (χ1v) is 17.5. The monoisotopic (exact) mass is 695 g/mol. The van der Waals surface area contributed by atoms with Crippen LogP contribution in [0.25, 0.3) is 0 Å². The smallest absolute Gasteiger partial charge is 0.255 e. The number of fused-ring (bicyclic) bond motifs is 1. The normalized spacial score (nSPS) is 23.1. The lowest BCUT2D eigenvalue weighted by Crippen LogP contribution is -2.52. The molecule has 1 saturated heterocycles. The molecule has 0 saturated carbocycles. The number of benzene rings is 2. The van der Waals surface area contributed by atoms with Crippen LogP contribution in [0.5, 0.6) is 5.75 Å². The molecule has 0 radical (unpaired) electrons. The molecule has 5 N–H and O–H groups in total. The van der Waals surface area contributed by atoms with E-state index in [4.69, 9.17) is 9.47 Å². The van der Waals surface area contributed by atoms with E-state index in [1.54, 1.807) is 37.3 Å². The number of para-hydroxylation sites is 1. The number of rotatable bonds is 5. The van der Waals surface area contributed by atoms with Gasteiger partial charge in [0.15, 0.2) is 0 Å². The predicted octanol–water partition coefficient (Wildman–Crippen LogP) is 2.89. The summed E-state index contributed by atoms with van der Waals surface area (Å²) < 4.78 is 25.8. The van der Waals surface area contributed by atoms with Crippen molar-refractivity contribution in [2.45, 2.75) is 89.3 Å². The van der Waals surface area contributed by atoms with E-state index in [0.717, 1.165) is 5.56 Å². The minimum Gasteiger partial charge on any atom is -0.491 e. The lowest BCUT2D eigenvalue weighted by atomic mass is 9.74. The fraction of sp³-hybridized carbons (Fsp3) is 0.541. The van der Waals surface area contributed by atoms with Crippen LogP contribution in [0.4, 0.5) is 4.39 Å². The Balaban J connectivity index is 1.57. The number of nitrogens with one attached hydrogen (secondary N) is 5. The molecule has 2 aromatic rings. The van der Waals surface area contributed by atoms with E-state index in [1.807, 2.05) is 19.9 Å². The van der Waals surface area contributed by atoms with Gasteiger partial charge in [-0.1, -0.05) is 38.1 Å². The fourth-order valence-corrected chi connectivity index (χ4v) is 6.20. The van der Waals surface area contributed by atoms with Crippen molar-refractivity contribution in [3.8, 4) is 5.75 Å². The van der Waals surface area contributed by atoms with E-state index in [1.165, 1.54) is 12.1 Å². The molecule has 0 bridgehead atoms. The molecule has 4 rings (SSSR count). The van der Waals surface area contributed by atoms with Crippen molar-refractivity contribution in [3.05, 3.63) is 65.5 Å². The van der Waals surface area contributed by atoms with Gasteiger partial charge in [-0.15, -0.1) is 0 Å². The van der Waals surface area contributed by atoms with Crippen molar-refractivity contribution in [3.63, 3.8) is 0 Å². The van der Waals surface area contributed by atoms with E-state index in [0.29, 0.717) is 45.4 Å². The number of ether oxygens (including phenoxy) is 2. The molecule has 2 aromatic carbocycles. The number of hydrogen-bond acceptors (Lipinski definition) is 7. The van der Waals surface area contributed by atoms with Crippen LogP contribution in [0, 0.1) is 11.7 Å². The van der Waals surface area contributed by atoms with Crippen LogP contribution in [0.15, 0.2) is 48.5 Å². The van der Waals surface area contributed by atoms with Gasteiger partial charge in [-0.05, 0) is 74.8 Å². The third-order valence-corrected chi connectivity index (χ3v) is 9.19. The Morgan fingerprint density at radius 1 is 0.960 bits per heavy atom. The third-order valence-electron chi connectivity index (χ3n) is 9.19. The summed E-state index contributed by atoms with van der Waals surface area (Å²) in [5, 5.41) is 14.3. The number of carbonyl (C=O) groups excluding carboxylic acids is 5. The first kappa shape index (κ1) is 38.3. The second-order valence-corrected chi connectivity index (χ2v) is 13.5. The molecule has 272 valence electrons. The minimum absolute atomic E-state index is 0.0575. The van der Waals surface area contributed by atoms with Crippen molar-refractivity contribution in [1.82, 2.24) is 26.6 Å². The van der Waals surface area contributed by atoms with Gasteiger partial charge in [0.05, 0.1) is 11.6 Å². The van der Waals surface area contributed by atoms with Crippen LogP contribution < -0.4 is 31.3 Å². The quantitative estimate of drug-likeness (QED) is 0.321. The molecule has 0 aromatic heterocycles. The molecule has 0 unspecified atom stereocenters. The van der Waals surface area contributed by atoms with Gasteiger partial charge in [-0.2, -0.15) is 0 Å². The van der Waals surface area contributed by atoms with E-state index in [-0.39, 0.29) is 73.3 Å². The third kappa shape index (κ3) is 11.0. The second-order valence-electron chi connectivity index (χ2n) is 13.5. The van der Waals surface area contributed by atoms with Gasteiger partial charge < -0.3 is 36.1 Å². The standard InChI is InChI=1S/C37H50FN5O7/c1-24(2)33-36(48)39-18-7-6-13-31(44)41-25(3)22-50-30-12-5-4-11-28(30)34(46)42-29(14-15-32(45)43-33)35(47)40-23-37(16-19-49-20-17-37)26-9-8-10-27(38)21-26/h4-5,8-12,21,24-25,29,33H,6-7,13-20,22-23H2,1-3H3,(H,39,48)(H,40,47)(H,41,44)(H,42,46)(H,43,45)/t25-,29-,33+/m0/s1. The van der Waals surface area contributed by atoms with E-state index in [9.17, 15) is 28.4 Å². The molecule has 0 aliphatic carbocycles. The lowest BCUT2D eigenvalue weighted by Gasteiger charge is -2.38. The van der Waals surface area contributed by atoms with Crippen LogP contribution in [0.1, 0.15) is 81.6 Å². The van der Waals surface area contributed by atoms with Gasteiger partial charge in [-0.25, -0.2) is 4.39 Å². The highest BCUT2D eigenvalue weighted by Gasteiger charge is 2.36. The van der Waals surface area contributed by atoms with Crippen LogP contribution >= 0.6 is 0 Å². The molecular weight excluding hydrogens is 645 g/mol. The average Bonchev–Trinajstić information content (AvgIpc) is 3.10.